The van der Waals surface area contributed by atoms with Crippen molar-refractivity contribution < 1.29 is 14.3 Å². The van der Waals surface area contributed by atoms with Gasteiger partial charge in [0.15, 0.2) is 11.5 Å². The van der Waals surface area contributed by atoms with Gasteiger partial charge in [-0.05, 0) is 35.0 Å². The first-order valence-corrected chi connectivity index (χ1v) is 12.2. The molecule has 34 heavy (non-hydrogen) atoms. The fraction of sp³-hybridized carbons (Fsp3) is 0.182. The van der Waals surface area contributed by atoms with Crippen LogP contribution in [0.5, 0.6) is 11.5 Å². The lowest BCUT2D eigenvalue weighted by molar-refractivity contribution is -0.117. The molecule has 172 valence electrons. The highest BCUT2D eigenvalue weighted by molar-refractivity contribution is 7.17. The molecule has 0 spiro atoms. The number of hydrogen-bond acceptors (Lipinski definition) is 8. The van der Waals surface area contributed by atoms with Crippen molar-refractivity contribution >= 4 is 50.3 Å². The molecule has 5 aromatic rings. The van der Waals surface area contributed by atoms with Crippen LogP contribution in [0.25, 0.3) is 16.0 Å². The fourth-order valence-electron chi connectivity index (χ4n) is 3.90. The van der Waals surface area contributed by atoms with E-state index in [1.165, 1.54) is 31.6 Å². The highest BCUT2D eigenvalue weighted by atomic mass is 32.1. The first-order chi connectivity index (χ1) is 16.6. The maximum absolute atomic E-state index is 13.2. The lowest BCUT2D eigenvalue weighted by Crippen LogP contribution is -2.29. The molecule has 1 amide bonds. The second-order valence-electron chi connectivity index (χ2n) is 7.59. The third-order valence-corrected chi connectivity index (χ3v) is 7.15. The molecule has 4 aromatic heterocycles. The third-order valence-electron chi connectivity index (χ3n) is 5.40. The maximum Gasteiger partial charge on any atom is 0.352 e. The smallest absolute Gasteiger partial charge is 0.352 e. The van der Waals surface area contributed by atoms with Crippen LogP contribution in [0.1, 0.15) is 4.88 Å². The number of benzene rings is 1. The van der Waals surface area contributed by atoms with Crippen molar-refractivity contribution in [3.63, 3.8) is 0 Å². The van der Waals surface area contributed by atoms with Gasteiger partial charge >= 0.3 is 5.69 Å². The number of ether oxygens (including phenoxy) is 2. The van der Waals surface area contributed by atoms with E-state index in [0.29, 0.717) is 40.6 Å². The van der Waals surface area contributed by atoms with Crippen LogP contribution in [0.3, 0.4) is 0 Å². The topological polar surface area (TPSA) is 109 Å². The molecule has 6 rings (SSSR count). The average Bonchev–Trinajstić information content (AvgIpc) is 3.58. The molecular formula is C22H17N5O5S2. The predicted molar refractivity (Wildman–Crippen MR) is 129 cm³/mol. The number of nitrogens with one attached hydrogen (secondary N) is 1. The summed E-state index contributed by atoms with van der Waals surface area (Å²) in [5.41, 5.74) is 0.288. The quantitative estimate of drug-likeness (QED) is 0.401. The van der Waals surface area contributed by atoms with E-state index < -0.39 is 11.6 Å². The minimum atomic E-state index is -0.490. The van der Waals surface area contributed by atoms with Crippen LogP contribution in [0.2, 0.25) is 0 Å². The molecule has 1 aliphatic heterocycles. The van der Waals surface area contributed by atoms with E-state index >= 15 is 0 Å². The SMILES string of the molecule is O=C(Cn1nc2n(Cc3cccs3)c(=O)c3sccc3n2c1=O)Nc1ccc2c(c1)OCCO2. The van der Waals surface area contributed by atoms with E-state index in [-0.39, 0.29) is 24.4 Å². The minimum absolute atomic E-state index is 0.196. The monoisotopic (exact) mass is 495 g/mol. The molecule has 0 fully saturated rings. The Bertz CT molecular complexity index is 1660. The standard InChI is InChI=1S/C22H17N5O5S2/c28-18(23-13-3-4-16-17(10-13)32-7-6-31-16)12-26-22(30)27-15-5-9-34-19(15)20(29)25(21(27)24-26)11-14-2-1-8-33-14/h1-5,8-10H,6-7,11-12H2,(H,23,28). The average molecular weight is 496 g/mol. The highest BCUT2D eigenvalue weighted by Gasteiger charge is 2.20. The first-order valence-electron chi connectivity index (χ1n) is 10.4. The Labute approximate surface area is 199 Å². The third kappa shape index (κ3) is 3.47. The second kappa shape index (κ2) is 8.15. The lowest BCUT2D eigenvalue weighted by Gasteiger charge is -2.18. The Morgan fingerprint density at radius 1 is 1.06 bits per heavy atom. The molecular weight excluding hydrogens is 478 g/mol. The summed E-state index contributed by atoms with van der Waals surface area (Å²) < 4.78 is 15.4. The highest BCUT2D eigenvalue weighted by Crippen LogP contribution is 2.32. The lowest BCUT2D eigenvalue weighted by atomic mass is 10.2. The van der Waals surface area contributed by atoms with Crippen LogP contribution in [0.4, 0.5) is 5.69 Å². The van der Waals surface area contributed by atoms with Gasteiger partial charge in [-0.25, -0.2) is 13.9 Å². The van der Waals surface area contributed by atoms with Gasteiger partial charge in [-0.15, -0.1) is 27.8 Å². The largest absolute Gasteiger partial charge is 0.486 e. The molecule has 5 heterocycles. The van der Waals surface area contributed by atoms with E-state index in [1.807, 2.05) is 17.5 Å². The van der Waals surface area contributed by atoms with E-state index in [4.69, 9.17) is 9.47 Å². The summed E-state index contributed by atoms with van der Waals surface area (Å²) in [6, 6.07) is 10.6. The van der Waals surface area contributed by atoms with Crippen LogP contribution in [0.15, 0.2) is 56.7 Å². The van der Waals surface area contributed by atoms with Crippen molar-refractivity contribution in [3.05, 3.63) is 72.9 Å². The molecule has 0 unspecified atom stereocenters. The number of carbonyl (C=O) groups is 1. The van der Waals surface area contributed by atoms with Crippen molar-refractivity contribution in [2.45, 2.75) is 13.1 Å². The zero-order chi connectivity index (χ0) is 23.2. The Morgan fingerprint density at radius 3 is 2.74 bits per heavy atom. The summed E-state index contributed by atoms with van der Waals surface area (Å²) >= 11 is 2.79. The molecule has 1 N–H and O–H groups in total. The number of nitrogens with zero attached hydrogens (tertiary/aromatic N) is 4. The molecule has 12 heteroatoms. The van der Waals surface area contributed by atoms with Crippen molar-refractivity contribution in [2.24, 2.45) is 0 Å². The minimum Gasteiger partial charge on any atom is -0.486 e. The van der Waals surface area contributed by atoms with Crippen LogP contribution >= 0.6 is 22.7 Å². The molecule has 1 aliphatic rings. The van der Waals surface area contributed by atoms with E-state index in [1.54, 1.807) is 29.6 Å². The number of fused-ring (bicyclic) bond motifs is 4. The fourth-order valence-corrected chi connectivity index (χ4v) is 5.41. The Balaban J connectivity index is 1.36. The Hall–Kier alpha value is -3.90. The molecule has 10 nitrogen and oxygen atoms in total. The van der Waals surface area contributed by atoms with Crippen LogP contribution in [-0.2, 0) is 17.9 Å². The summed E-state index contributed by atoms with van der Waals surface area (Å²) in [4.78, 5) is 40.1. The zero-order valence-corrected chi connectivity index (χ0v) is 19.2. The van der Waals surface area contributed by atoms with Crippen molar-refractivity contribution in [1.82, 2.24) is 18.7 Å². The first kappa shape index (κ1) is 20.7. The van der Waals surface area contributed by atoms with E-state index in [9.17, 15) is 14.4 Å². The van der Waals surface area contributed by atoms with Gasteiger partial charge in [0.25, 0.3) is 5.56 Å². The summed E-state index contributed by atoms with van der Waals surface area (Å²) in [6.45, 7) is 0.886. The van der Waals surface area contributed by atoms with Gasteiger partial charge in [-0.3, -0.25) is 14.2 Å². The molecule has 0 atom stereocenters. The summed E-state index contributed by atoms with van der Waals surface area (Å²) in [5.74, 6) is 0.924. The summed E-state index contributed by atoms with van der Waals surface area (Å²) in [6.07, 6.45) is 0. The molecule has 0 saturated carbocycles. The predicted octanol–water partition coefficient (Wildman–Crippen LogP) is 2.39. The summed E-state index contributed by atoms with van der Waals surface area (Å²) in [7, 11) is 0. The maximum atomic E-state index is 13.2. The number of hydrogen-bond donors (Lipinski definition) is 1. The number of carbonyl (C=O) groups excluding carboxylic acids is 1. The van der Waals surface area contributed by atoms with E-state index in [2.05, 4.69) is 10.4 Å². The molecule has 0 radical (unpaired) electrons. The van der Waals surface area contributed by atoms with Crippen molar-refractivity contribution in [1.29, 1.82) is 0 Å². The van der Waals surface area contributed by atoms with Gasteiger partial charge < -0.3 is 14.8 Å². The van der Waals surface area contributed by atoms with Crippen LogP contribution < -0.4 is 26.0 Å². The second-order valence-corrected chi connectivity index (χ2v) is 9.54. The van der Waals surface area contributed by atoms with Gasteiger partial charge in [0, 0.05) is 16.6 Å². The van der Waals surface area contributed by atoms with Crippen molar-refractivity contribution in [2.75, 3.05) is 18.5 Å². The van der Waals surface area contributed by atoms with Crippen molar-refractivity contribution in [3.8, 4) is 11.5 Å². The molecule has 0 bridgehead atoms. The van der Waals surface area contributed by atoms with Gasteiger partial charge in [0.2, 0.25) is 11.7 Å². The summed E-state index contributed by atoms with van der Waals surface area (Å²) in [5, 5.41) is 10.8. The molecule has 1 aromatic carbocycles. The normalized spacial score (nSPS) is 12.9. The number of rotatable bonds is 5. The number of thiophene rings is 2. The number of aromatic nitrogens is 4. The van der Waals surface area contributed by atoms with Gasteiger partial charge in [-0.1, -0.05) is 6.07 Å². The Kier molecular flexibility index (Phi) is 4.96. The molecule has 0 saturated heterocycles. The Morgan fingerprint density at radius 2 is 1.91 bits per heavy atom. The van der Waals surface area contributed by atoms with Gasteiger partial charge in [0.1, 0.15) is 24.5 Å². The van der Waals surface area contributed by atoms with Gasteiger partial charge in [-0.2, -0.15) is 0 Å². The van der Waals surface area contributed by atoms with E-state index in [0.717, 1.165) is 9.56 Å². The van der Waals surface area contributed by atoms with Gasteiger partial charge in [0.05, 0.1) is 12.1 Å². The van der Waals surface area contributed by atoms with Crippen LogP contribution in [0, 0.1) is 0 Å². The zero-order valence-electron chi connectivity index (χ0n) is 17.6. The number of amides is 1. The molecule has 0 aliphatic carbocycles. The number of anilines is 1. The van der Waals surface area contributed by atoms with Crippen LogP contribution in [-0.4, -0.2) is 37.9 Å².